The number of allylic oxidation sites excluding steroid dienone is 1. The summed E-state index contributed by atoms with van der Waals surface area (Å²) in [6, 6.07) is 57.1. The quantitative estimate of drug-likeness (QED) is 0.154. The molecule has 4 heterocycles. The molecule has 10 rings (SSSR count). The van der Waals surface area contributed by atoms with E-state index in [0.29, 0.717) is 0 Å². The number of pyridine rings is 2. The zero-order valence-electron chi connectivity index (χ0n) is 31.1. The van der Waals surface area contributed by atoms with Crippen molar-refractivity contribution in [3.8, 4) is 33.6 Å². The average molecular weight is 722 g/mol. The number of para-hydroxylation sites is 2. The predicted octanol–water partition coefficient (Wildman–Crippen LogP) is 12.8. The average Bonchev–Trinajstić information content (AvgIpc) is 3.78. The fourth-order valence-electron chi connectivity index (χ4n) is 7.77. The highest BCUT2D eigenvalue weighted by atomic mass is 15.0. The van der Waals surface area contributed by atoms with Crippen molar-refractivity contribution in [3.63, 3.8) is 0 Å². The lowest BCUT2D eigenvalue weighted by atomic mass is 9.98. The highest BCUT2D eigenvalue weighted by Crippen LogP contribution is 2.34. The van der Waals surface area contributed by atoms with Gasteiger partial charge in [-0.05, 0) is 102 Å². The Balaban J connectivity index is 0.000000773. The third-order valence-electron chi connectivity index (χ3n) is 10.4. The van der Waals surface area contributed by atoms with Gasteiger partial charge in [0.15, 0.2) is 0 Å². The normalized spacial score (nSPS) is 11.4. The number of nitrogens with zero attached hydrogens (tertiary/aromatic N) is 5. The van der Waals surface area contributed by atoms with E-state index < -0.39 is 0 Å². The van der Waals surface area contributed by atoms with Crippen molar-refractivity contribution in [2.75, 3.05) is 0 Å². The molecule has 0 atom stereocenters. The zero-order chi connectivity index (χ0) is 37.8. The smallest absolute Gasteiger partial charge is 0.0572 e. The maximum absolute atomic E-state index is 4.36. The van der Waals surface area contributed by atoms with E-state index in [0.717, 1.165) is 33.9 Å². The van der Waals surface area contributed by atoms with Gasteiger partial charge in [0.1, 0.15) is 0 Å². The first-order valence-electron chi connectivity index (χ1n) is 18.8. The Hall–Kier alpha value is -7.37. The Morgan fingerprint density at radius 3 is 1.21 bits per heavy atom. The fourth-order valence-corrected chi connectivity index (χ4v) is 7.77. The molecule has 56 heavy (non-hydrogen) atoms. The van der Waals surface area contributed by atoms with Gasteiger partial charge in [0, 0.05) is 63.9 Å². The van der Waals surface area contributed by atoms with E-state index in [9.17, 15) is 0 Å². The van der Waals surface area contributed by atoms with E-state index in [1.54, 1.807) is 6.20 Å². The molecule has 0 N–H and O–H groups in total. The van der Waals surface area contributed by atoms with Crippen LogP contribution in [0.5, 0.6) is 0 Å². The lowest BCUT2D eigenvalue weighted by Crippen LogP contribution is -1.94. The molecule has 10 aromatic rings. The van der Waals surface area contributed by atoms with Crippen LogP contribution in [-0.2, 0) is 6.42 Å². The first-order valence-corrected chi connectivity index (χ1v) is 18.8. The van der Waals surface area contributed by atoms with Crippen LogP contribution in [0.25, 0.3) is 77.2 Å². The summed E-state index contributed by atoms with van der Waals surface area (Å²) in [6.45, 7) is 5.11. The van der Waals surface area contributed by atoms with Gasteiger partial charge in [0.25, 0.3) is 0 Å². The third kappa shape index (κ3) is 6.46. The Kier molecular flexibility index (Phi) is 9.32. The summed E-state index contributed by atoms with van der Waals surface area (Å²) < 4.78 is 4.65. The number of aromatic nitrogens is 4. The summed E-state index contributed by atoms with van der Waals surface area (Å²) in [5.41, 5.74) is 14.5. The summed E-state index contributed by atoms with van der Waals surface area (Å²) in [5, 5.41) is 4.79. The second-order valence-corrected chi connectivity index (χ2v) is 13.8. The summed E-state index contributed by atoms with van der Waals surface area (Å²) in [7, 11) is 0. The first-order chi connectivity index (χ1) is 27.7. The van der Waals surface area contributed by atoms with Crippen molar-refractivity contribution in [3.05, 3.63) is 206 Å². The molecule has 0 saturated heterocycles. The molecule has 0 fully saturated rings. The Bertz CT molecular complexity index is 2680. The molecule has 0 bridgehead atoms. The van der Waals surface area contributed by atoms with Crippen LogP contribution in [0, 0.1) is 0 Å². The lowest BCUT2D eigenvalue weighted by Gasteiger charge is -2.10. The van der Waals surface area contributed by atoms with E-state index in [-0.39, 0.29) is 0 Å². The molecule has 0 spiro atoms. The standard InChI is InChI=1S/C47H32N4.C4H7N/c1-3-7-44-40(5-1)41-6-2-4-8-45(41)50(44)38-21-17-36(18-22-38)34-13-9-32(10-14-34)29-33-11-15-35(16-12-33)37-19-23-39(24-20-37)51-46-25-27-48-30-42(46)43-31-49-28-26-47(43)51;1-3-4-5-2/h1-28,30-31H,29H2;3-4H,2H2,1H3/b;4-3-. The SMILES string of the molecule is C=N/C=C\C.c1ccc2c(c1)c1ccccc1n2-c1ccc(-c2ccc(Cc3ccc(-c4ccc(-n5c6ccncc6c6cnccc65)cc4)cc3)cc2)cc1. The third-order valence-corrected chi connectivity index (χ3v) is 10.4. The first kappa shape index (κ1) is 34.4. The second-order valence-electron chi connectivity index (χ2n) is 13.8. The molecule has 0 aliphatic carbocycles. The van der Waals surface area contributed by atoms with Crippen LogP contribution in [0.4, 0.5) is 0 Å². The molecule has 0 aliphatic heterocycles. The van der Waals surface area contributed by atoms with Gasteiger partial charge in [-0.2, -0.15) is 0 Å². The Morgan fingerprint density at radius 2 is 0.839 bits per heavy atom. The van der Waals surface area contributed by atoms with Gasteiger partial charge in [-0.15, -0.1) is 0 Å². The van der Waals surface area contributed by atoms with E-state index in [1.165, 1.54) is 60.9 Å². The molecular formula is C51H39N5. The van der Waals surface area contributed by atoms with Crippen molar-refractivity contribution < 1.29 is 0 Å². The molecule has 5 nitrogen and oxygen atoms in total. The van der Waals surface area contributed by atoms with Crippen molar-refractivity contribution in [2.45, 2.75) is 13.3 Å². The van der Waals surface area contributed by atoms with Gasteiger partial charge in [-0.3, -0.25) is 15.0 Å². The number of aliphatic imine (C=N–C) groups is 1. The van der Waals surface area contributed by atoms with Crippen LogP contribution < -0.4 is 0 Å². The maximum Gasteiger partial charge on any atom is 0.0572 e. The van der Waals surface area contributed by atoms with Crippen LogP contribution in [-0.4, -0.2) is 25.8 Å². The number of hydrogen-bond acceptors (Lipinski definition) is 3. The molecule has 0 amide bonds. The largest absolute Gasteiger partial charge is 0.309 e. The van der Waals surface area contributed by atoms with Gasteiger partial charge in [-0.25, -0.2) is 0 Å². The minimum absolute atomic E-state index is 0.893. The predicted molar refractivity (Wildman–Crippen MR) is 235 cm³/mol. The molecule has 0 unspecified atom stereocenters. The van der Waals surface area contributed by atoms with Gasteiger partial charge in [0.2, 0.25) is 0 Å². The molecule has 6 aromatic carbocycles. The summed E-state index contributed by atoms with van der Waals surface area (Å²) in [4.78, 5) is 12.1. The summed E-state index contributed by atoms with van der Waals surface area (Å²) in [6.07, 6.45) is 11.9. The minimum atomic E-state index is 0.893. The highest BCUT2D eigenvalue weighted by molar-refractivity contribution is 6.09. The van der Waals surface area contributed by atoms with Gasteiger partial charge < -0.3 is 9.13 Å². The van der Waals surface area contributed by atoms with E-state index >= 15 is 0 Å². The number of rotatable bonds is 7. The second kappa shape index (κ2) is 15.2. The zero-order valence-corrected chi connectivity index (χ0v) is 31.1. The van der Waals surface area contributed by atoms with Crippen molar-refractivity contribution in [1.29, 1.82) is 0 Å². The van der Waals surface area contributed by atoms with Crippen molar-refractivity contribution in [1.82, 2.24) is 19.1 Å². The molecule has 0 radical (unpaired) electrons. The number of benzene rings is 6. The molecule has 0 saturated carbocycles. The summed E-state index contributed by atoms with van der Waals surface area (Å²) in [5.74, 6) is 0. The lowest BCUT2D eigenvalue weighted by molar-refractivity contribution is 1.17. The molecule has 4 aromatic heterocycles. The fraction of sp³-hybridized carbons (Fsp3) is 0.0392. The minimum Gasteiger partial charge on any atom is -0.309 e. The topological polar surface area (TPSA) is 48.0 Å². The molecule has 5 heteroatoms. The van der Waals surface area contributed by atoms with Gasteiger partial charge >= 0.3 is 0 Å². The van der Waals surface area contributed by atoms with Crippen LogP contribution >= 0.6 is 0 Å². The van der Waals surface area contributed by atoms with Crippen LogP contribution in [0.1, 0.15) is 18.1 Å². The van der Waals surface area contributed by atoms with Crippen LogP contribution in [0.3, 0.4) is 0 Å². The van der Waals surface area contributed by atoms with Crippen molar-refractivity contribution >= 4 is 50.3 Å². The van der Waals surface area contributed by atoms with E-state index in [1.807, 2.05) is 37.8 Å². The summed E-state index contributed by atoms with van der Waals surface area (Å²) >= 11 is 0. The van der Waals surface area contributed by atoms with Crippen molar-refractivity contribution in [2.24, 2.45) is 4.99 Å². The van der Waals surface area contributed by atoms with Crippen LogP contribution in [0.15, 0.2) is 200 Å². The van der Waals surface area contributed by atoms with Gasteiger partial charge in [0.05, 0.1) is 22.1 Å². The number of hydrogen-bond donors (Lipinski definition) is 0. The highest BCUT2D eigenvalue weighted by Gasteiger charge is 2.13. The number of fused-ring (bicyclic) bond motifs is 6. The van der Waals surface area contributed by atoms with Crippen LogP contribution in [0.2, 0.25) is 0 Å². The molecule has 268 valence electrons. The maximum atomic E-state index is 4.36. The van der Waals surface area contributed by atoms with Gasteiger partial charge in [-0.1, -0.05) is 115 Å². The molecular weight excluding hydrogens is 683 g/mol. The molecule has 0 aliphatic rings. The van der Waals surface area contributed by atoms with E-state index in [4.69, 9.17) is 0 Å². The Labute approximate surface area is 326 Å². The Morgan fingerprint density at radius 1 is 0.464 bits per heavy atom. The monoisotopic (exact) mass is 721 g/mol. The van der Waals surface area contributed by atoms with E-state index in [2.05, 4.69) is 189 Å².